The zero-order chi connectivity index (χ0) is 13.8. The van der Waals surface area contributed by atoms with E-state index < -0.39 is 0 Å². The van der Waals surface area contributed by atoms with Crippen molar-refractivity contribution in [3.63, 3.8) is 0 Å². The zero-order valence-electron chi connectivity index (χ0n) is 10.4. The molecule has 0 aliphatic rings. The number of nitriles is 1. The van der Waals surface area contributed by atoms with Gasteiger partial charge >= 0.3 is 0 Å². The molecule has 96 valence electrons. The highest BCUT2D eigenvalue weighted by molar-refractivity contribution is 9.08. The number of hydrogen-bond donors (Lipinski definition) is 0. The molecular formula is C15H12BrFN2. The van der Waals surface area contributed by atoms with Crippen molar-refractivity contribution in [2.24, 2.45) is 0 Å². The summed E-state index contributed by atoms with van der Waals surface area (Å²) in [6, 6.07) is 14.3. The Morgan fingerprint density at radius 3 is 2.68 bits per heavy atom. The van der Waals surface area contributed by atoms with Crippen LogP contribution in [0.3, 0.4) is 0 Å². The lowest BCUT2D eigenvalue weighted by molar-refractivity contribution is 0.626. The van der Waals surface area contributed by atoms with E-state index in [2.05, 4.69) is 22.0 Å². The van der Waals surface area contributed by atoms with Crippen molar-refractivity contribution in [2.75, 3.05) is 11.9 Å². The fraction of sp³-hybridized carbons (Fsp3) is 0.133. The second kappa shape index (κ2) is 5.85. The van der Waals surface area contributed by atoms with Gasteiger partial charge in [-0.05, 0) is 35.9 Å². The normalized spacial score (nSPS) is 10.0. The van der Waals surface area contributed by atoms with E-state index >= 15 is 0 Å². The molecule has 0 saturated carbocycles. The molecule has 2 aromatic carbocycles. The van der Waals surface area contributed by atoms with Gasteiger partial charge in [-0.25, -0.2) is 4.39 Å². The van der Waals surface area contributed by atoms with Crippen LogP contribution in [0, 0.1) is 17.1 Å². The molecule has 0 unspecified atom stereocenters. The summed E-state index contributed by atoms with van der Waals surface area (Å²) in [4.78, 5) is 1.73. The molecule has 0 N–H and O–H groups in total. The predicted molar refractivity (Wildman–Crippen MR) is 78.3 cm³/mol. The van der Waals surface area contributed by atoms with Crippen molar-refractivity contribution in [3.05, 3.63) is 59.4 Å². The number of hydrogen-bond acceptors (Lipinski definition) is 2. The Labute approximate surface area is 120 Å². The highest BCUT2D eigenvalue weighted by atomic mass is 79.9. The van der Waals surface area contributed by atoms with Crippen LogP contribution in [0.5, 0.6) is 0 Å². The Morgan fingerprint density at radius 2 is 2.05 bits per heavy atom. The SMILES string of the molecule is CN(c1cccc(C#N)c1)c1ccc(CBr)cc1F. The van der Waals surface area contributed by atoms with Crippen LogP contribution >= 0.6 is 15.9 Å². The summed E-state index contributed by atoms with van der Waals surface area (Å²) in [6.07, 6.45) is 0. The number of alkyl halides is 1. The lowest BCUT2D eigenvalue weighted by Crippen LogP contribution is -2.11. The molecule has 0 aliphatic carbocycles. The summed E-state index contributed by atoms with van der Waals surface area (Å²) < 4.78 is 14.0. The van der Waals surface area contributed by atoms with Crippen LogP contribution in [-0.4, -0.2) is 7.05 Å². The maximum atomic E-state index is 14.0. The molecule has 2 nitrogen and oxygen atoms in total. The molecule has 0 amide bonds. The van der Waals surface area contributed by atoms with Gasteiger partial charge in [-0.3, -0.25) is 0 Å². The molecule has 0 bridgehead atoms. The molecule has 0 radical (unpaired) electrons. The molecule has 0 fully saturated rings. The lowest BCUT2D eigenvalue weighted by atomic mass is 10.1. The van der Waals surface area contributed by atoms with Gasteiger partial charge in [-0.15, -0.1) is 0 Å². The highest BCUT2D eigenvalue weighted by Gasteiger charge is 2.10. The molecule has 0 spiro atoms. The van der Waals surface area contributed by atoms with Crippen LogP contribution in [0.15, 0.2) is 42.5 Å². The molecule has 0 aliphatic heterocycles. The average Bonchev–Trinajstić information content (AvgIpc) is 2.46. The van der Waals surface area contributed by atoms with Crippen molar-refractivity contribution in [1.29, 1.82) is 5.26 Å². The first-order valence-corrected chi connectivity index (χ1v) is 6.86. The predicted octanol–water partition coefficient (Wildman–Crippen LogP) is 4.36. The summed E-state index contributed by atoms with van der Waals surface area (Å²) >= 11 is 3.30. The maximum Gasteiger partial charge on any atom is 0.147 e. The first kappa shape index (κ1) is 13.6. The van der Waals surface area contributed by atoms with E-state index in [1.165, 1.54) is 6.07 Å². The average molecular weight is 319 g/mol. The highest BCUT2D eigenvalue weighted by Crippen LogP contribution is 2.27. The second-order valence-corrected chi connectivity index (χ2v) is 4.70. The molecule has 2 aromatic rings. The summed E-state index contributed by atoms with van der Waals surface area (Å²) in [5.74, 6) is -0.276. The summed E-state index contributed by atoms with van der Waals surface area (Å²) in [7, 11) is 1.78. The Hall–Kier alpha value is -1.86. The Morgan fingerprint density at radius 1 is 1.26 bits per heavy atom. The van der Waals surface area contributed by atoms with E-state index in [0.29, 0.717) is 16.6 Å². The third kappa shape index (κ3) is 2.94. The minimum atomic E-state index is -0.276. The van der Waals surface area contributed by atoms with E-state index in [1.54, 1.807) is 36.2 Å². The zero-order valence-corrected chi connectivity index (χ0v) is 12.0. The lowest BCUT2D eigenvalue weighted by Gasteiger charge is -2.20. The van der Waals surface area contributed by atoms with Crippen LogP contribution in [0.25, 0.3) is 0 Å². The van der Waals surface area contributed by atoms with Crippen molar-refractivity contribution in [3.8, 4) is 6.07 Å². The van der Waals surface area contributed by atoms with Gasteiger partial charge in [0.1, 0.15) is 5.82 Å². The van der Waals surface area contributed by atoms with Gasteiger partial charge in [0, 0.05) is 18.1 Å². The van der Waals surface area contributed by atoms with Gasteiger partial charge in [0.15, 0.2) is 0 Å². The van der Waals surface area contributed by atoms with Crippen LogP contribution in [0.1, 0.15) is 11.1 Å². The van der Waals surface area contributed by atoms with Crippen molar-refractivity contribution < 1.29 is 4.39 Å². The number of nitrogens with zero attached hydrogens (tertiary/aromatic N) is 2. The van der Waals surface area contributed by atoms with Gasteiger partial charge < -0.3 is 4.90 Å². The van der Waals surface area contributed by atoms with Crippen molar-refractivity contribution in [1.82, 2.24) is 0 Å². The molecule has 2 rings (SSSR count). The van der Waals surface area contributed by atoms with Gasteiger partial charge in [-0.1, -0.05) is 28.1 Å². The number of anilines is 2. The van der Waals surface area contributed by atoms with Gasteiger partial charge in [0.25, 0.3) is 0 Å². The minimum absolute atomic E-state index is 0.276. The second-order valence-electron chi connectivity index (χ2n) is 4.14. The Balaban J connectivity index is 2.38. The first-order chi connectivity index (χ1) is 9.15. The Kier molecular flexibility index (Phi) is 4.18. The fourth-order valence-corrected chi connectivity index (χ4v) is 2.18. The molecule has 0 saturated heterocycles. The number of rotatable bonds is 3. The van der Waals surface area contributed by atoms with Crippen LogP contribution < -0.4 is 4.90 Å². The topological polar surface area (TPSA) is 27.0 Å². The van der Waals surface area contributed by atoms with Gasteiger partial charge in [0.05, 0.1) is 17.3 Å². The van der Waals surface area contributed by atoms with Gasteiger partial charge in [-0.2, -0.15) is 5.26 Å². The van der Waals surface area contributed by atoms with E-state index in [9.17, 15) is 4.39 Å². The molecule has 0 aromatic heterocycles. The number of benzene rings is 2. The third-order valence-electron chi connectivity index (χ3n) is 2.89. The van der Waals surface area contributed by atoms with Crippen LogP contribution in [-0.2, 0) is 5.33 Å². The van der Waals surface area contributed by atoms with Gasteiger partial charge in [0.2, 0.25) is 0 Å². The minimum Gasteiger partial charge on any atom is -0.342 e. The smallest absolute Gasteiger partial charge is 0.147 e. The third-order valence-corrected chi connectivity index (χ3v) is 3.54. The standard InChI is InChI=1S/C15H12BrFN2/c1-19(13-4-2-3-12(7-13)10-18)15-6-5-11(9-16)8-14(15)17/h2-8H,9H2,1H3. The van der Waals surface area contributed by atoms with E-state index in [-0.39, 0.29) is 5.82 Å². The molecular weight excluding hydrogens is 307 g/mol. The molecule has 0 atom stereocenters. The summed E-state index contributed by atoms with van der Waals surface area (Å²) in [5, 5.41) is 9.51. The monoisotopic (exact) mass is 318 g/mol. The molecule has 19 heavy (non-hydrogen) atoms. The summed E-state index contributed by atoms with van der Waals surface area (Å²) in [6.45, 7) is 0. The molecule has 0 heterocycles. The Bertz CT molecular complexity index is 634. The van der Waals surface area contributed by atoms with Crippen LogP contribution in [0.2, 0.25) is 0 Å². The fourth-order valence-electron chi connectivity index (χ4n) is 1.83. The van der Waals surface area contributed by atoms with Crippen molar-refractivity contribution >= 4 is 27.3 Å². The largest absolute Gasteiger partial charge is 0.342 e. The maximum absolute atomic E-state index is 14.0. The first-order valence-electron chi connectivity index (χ1n) is 5.74. The van der Waals surface area contributed by atoms with E-state index in [0.717, 1.165) is 11.3 Å². The number of halogens is 2. The van der Waals surface area contributed by atoms with E-state index in [1.807, 2.05) is 12.1 Å². The van der Waals surface area contributed by atoms with Crippen LogP contribution in [0.4, 0.5) is 15.8 Å². The quantitative estimate of drug-likeness (QED) is 0.786. The molecule has 4 heteroatoms. The van der Waals surface area contributed by atoms with E-state index in [4.69, 9.17) is 5.26 Å². The summed E-state index contributed by atoms with van der Waals surface area (Å²) in [5.41, 5.74) is 2.71. The van der Waals surface area contributed by atoms with Crippen molar-refractivity contribution in [2.45, 2.75) is 5.33 Å².